The Morgan fingerprint density at radius 3 is 1.45 bits per heavy atom. The van der Waals surface area contributed by atoms with Gasteiger partial charge in [0.1, 0.15) is 0 Å². The van der Waals surface area contributed by atoms with Crippen LogP contribution in [-0.4, -0.2) is 4.57 Å². The van der Waals surface area contributed by atoms with Gasteiger partial charge < -0.3 is 9.47 Å². The van der Waals surface area contributed by atoms with Crippen molar-refractivity contribution in [1.82, 2.24) is 4.57 Å². The van der Waals surface area contributed by atoms with E-state index < -0.39 is 0 Å². The smallest absolute Gasteiger partial charge is 0.0547 e. The van der Waals surface area contributed by atoms with Crippen LogP contribution >= 0.6 is 0 Å². The molecule has 0 radical (unpaired) electrons. The molecule has 1 aromatic heterocycles. The molecule has 272 valence electrons. The monoisotopic (exact) mass is 738 g/mol. The number of hydrogen-bond donors (Lipinski definition) is 0. The van der Waals surface area contributed by atoms with Gasteiger partial charge in [0, 0.05) is 32.9 Å². The van der Waals surface area contributed by atoms with Gasteiger partial charge in [-0.15, -0.1) is 0 Å². The molecule has 1 heterocycles. The van der Waals surface area contributed by atoms with Crippen LogP contribution in [-0.2, 0) is 0 Å². The second-order valence-electron chi connectivity index (χ2n) is 14.9. The number of hydrogen-bond acceptors (Lipinski definition) is 1. The van der Waals surface area contributed by atoms with Crippen molar-refractivity contribution in [1.29, 1.82) is 0 Å². The summed E-state index contributed by atoms with van der Waals surface area (Å²) in [6.07, 6.45) is 0. The van der Waals surface area contributed by atoms with Crippen molar-refractivity contribution in [3.63, 3.8) is 0 Å². The lowest BCUT2D eigenvalue weighted by Gasteiger charge is -2.28. The predicted octanol–water partition coefficient (Wildman–Crippen LogP) is 15.6. The van der Waals surface area contributed by atoms with E-state index >= 15 is 0 Å². The Morgan fingerprint density at radius 1 is 0.293 bits per heavy atom. The molecule has 0 unspecified atom stereocenters. The van der Waals surface area contributed by atoms with Crippen LogP contribution in [0.25, 0.3) is 82.4 Å². The van der Waals surface area contributed by atoms with Gasteiger partial charge >= 0.3 is 0 Å². The first-order valence-electron chi connectivity index (χ1n) is 19.9. The summed E-state index contributed by atoms with van der Waals surface area (Å²) in [6, 6.07) is 83.7. The van der Waals surface area contributed by atoms with Crippen LogP contribution in [0.5, 0.6) is 0 Å². The SMILES string of the molecule is c1ccc(-c2ccc(-n3c4ccccc4c4ccc(-c5ccccc5-c5ccc(N(c6cccc7ccccc67)c6cccc7ccccc67)cc5)cc43)cc2)cc1. The Hall–Kier alpha value is -7.68. The van der Waals surface area contributed by atoms with Gasteiger partial charge in [-0.3, -0.25) is 0 Å². The molecule has 0 bridgehead atoms. The van der Waals surface area contributed by atoms with E-state index in [1.54, 1.807) is 0 Å². The van der Waals surface area contributed by atoms with Crippen LogP contribution in [0.2, 0.25) is 0 Å². The number of fused-ring (bicyclic) bond motifs is 5. The standard InChI is InChI=1S/C56H38N2/c1-2-14-39(15-3-1)40-28-33-46(34-29-40)58-55-25-11-10-24-51(55)52-37-32-44(38-56(52)58)48-21-9-8-20-47(48)43-30-35-45(36-31-43)57(53-26-12-18-41-16-4-6-22-49(41)53)54-27-13-19-42-17-5-7-23-50(42)54/h1-38H. The molecule has 0 amide bonds. The van der Waals surface area contributed by atoms with E-state index in [-0.39, 0.29) is 0 Å². The van der Waals surface area contributed by atoms with Crippen LogP contribution in [0.1, 0.15) is 0 Å². The molecule has 11 rings (SSSR count). The fourth-order valence-electron chi connectivity index (χ4n) is 8.84. The zero-order valence-corrected chi connectivity index (χ0v) is 31.8. The Bertz CT molecular complexity index is 3180. The highest BCUT2D eigenvalue weighted by Crippen LogP contribution is 2.43. The van der Waals surface area contributed by atoms with Crippen LogP contribution in [0.3, 0.4) is 0 Å². The van der Waals surface area contributed by atoms with E-state index in [1.165, 1.54) is 76.7 Å². The van der Waals surface area contributed by atoms with Gasteiger partial charge in [0.15, 0.2) is 0 Å². The molecule has 58 heavy (non-hydrogen) atoms. The lowest BCUT2D eigenvalue weighted by atomic mass is 9.93. The molecule has 0 saturated heterocycles. The second kappa shape index (κ2) is 14.1. The highest BCUT2D eigenvalue weighted by molar-refractivity contribution is 6.11. The average molecular weight is 739 g/mol. The molecule has 0 aliphatic heterocycles. The van der Waals surface area contributed by atoms with Crippen LogP contribution in [0.15, 0.2) is 231 Å². The average Bonchev–Trinajstić information content (AvgIpc) is 3.63. The summed E-state index contributed by atoms with van der Waals surface area (Å²) in [5.74, 6) is 0. The van der Waals surface area contributed by atoms with Crippen molar-refractivity contribution in [3.05, 3.63) is 231 Å². The van der Waals surface area contributed by atoms with Gasteiger partial charge in [0.25, 0.3) is 0 Å². The molecule has 11 aromatic rings. The first kappa shape index (κ1) is 33.6. The second-order valence-corrected chi connectivity index (χ2v) is 14.9. The molecule has 2 heteroatoms. The number of aromatic nitrogens is 1. The number of anilines is 3. The number of nitrogens with zero attached hydrogens (tertiary/aromatic N) is 2. The summed E-state index contributed by atoms with van der Waals surface area (Å²) in [5, 5.41) is 7.36. The van der Waals surface area contributed by atoms with Gasteiger partial charge in [-0.25, -0.2) is 0 Å². The van der Waals surface area contributed by atoms with Gasteiger partial charge in [-0.05, 0) is 92.7 Å². The summed E-state index contributed by atoms with van der Waals surface area (Å²) in [6.45, 7) is 0. The zero-order chi connectivity index (χ0) is 38.4. The molecule has 10 aromatic carbocycles. The Morgan fingerprint density at radius 2 is 0.776 bits per heavy atom. The van der Waals surface area contributed by atoms with Crippen molar-refractivity contribution < 1.29 is 0 Å². The van der Waals surface area contributed by atoms with Crippen LogP contribution < -0.4 is 4.90 Å². The van der Waals surface area contributed by atoms with E-state index in [0.717, 1.165) is 22.7 Å². The largest absolute Gasteiger partial charge is 0.309 e. The fraction of sp³-hybridized carbons (Fsp3) is 0. The highest BCUT2D eigenvalue weighted by Gasteiger charge is 2.19. The first-order chi connectivity index (χ1) is 28.8. The fourth-order valence-corrected chi connectivity index (χ4v) is 8.84. The summed E-state index contributed by atoms with van der Waals surface area (Å²) in [7, 11) is 0. The van der Waals surface area contributed by atoms with E-state index in [1.807, 2.05) is 0 Å². The van der Waals surface area contributed by atoms with Gasteiger partial charge in [-0.2, -0.15) is 0 Å². The van der Waals surface area contributed by atoms with Crippen molar-refractivity contribution in [2.75, 3.05) is 4.90 Å². The third kappa shape index (κ3) is 5.74. The van der Waals surface area contributed by atoms with E-state index in [2.05, 4.69) is 240 Å². The van der Waals surface area contributed by atoms with Crippen molar-refractivity contribution in [2.45, 2.75) is 0 Å². The molecule has 0 spiro atoms. The van der Waals surface area contributed by atoms with Crippen molar-refractivity contribution in [3.8, 4) is 39.1 Å². The maximum Gasteiger partial charge on any atom is 0.0547 e. The maximum absolute atomic E-state index is 2.42. The molecule has 0 atom stereocenters. The summed E-state index contributed by atoms with van der Waals surface area (Å²) in [5.41, 5.74) is 14.1. The number of rotatable bonds is 7. The third-order valence-electron chi connectivity index (χ3n) is 11.6. The van der Waals surface area contributed by atoms with E-state index in [0.29, 0.717) is 0 Å². The normalized spacial score (nSPS) is 11.4. The lowest BCUT2D eigenvalue weighted by Crippen LogP contribution is -2.11. The van der Waals surface area contributed by atoms with E-state index in [9.17, 15) is 0 Å². The Kier molecular flexibility index (Phi) is 8.19. The maximum atomic E-state index is 2.42. The number of benzene rings is 10. The summed E-state index contributed by atoms with van der Waals surface area (Å²) < 4.78 is 2.41. The molecule has 0 saturated carbocycles. The van der Waals surface area contributed by atoms with Gasteiger partial charge in [0.2, 0.25) is 0 Å². The highest BCUT2D eigenvalue weighted by atomic mass is 15.1. The molecule has 2 nitrogen and oxygen atoms in total. The predicted molar refractivity (Wildman–Crippen MR) is 247 cm³/mol. The molecular weight excluding hydrogens is 701 g/mol. The number of para-hydroxylation sites is 1. The minimum Gasteiger partial charge on any atom is -0.309 e. The first-order valence-corrected chi connectivity index (χ1v) is 19.9. The summed E-state index contributed by atoms with van der Waals surface area (Å²) in [4.78, 5) is 2.42. The lowest BCUT2D eigenvalue weighted by molar-refractivity contribution is 1.18. The van der Waals surface area contributed by atoms with Gasteiger partial charge in [-0.1, -0.05) is 182 Å². The molecular formula is C56H38N2. The third-order valence-corrected chi connectivity index (χ3v) is 11.6. The molecule has 0 aliphatic rings. The van der Waals surface area contributed by atoms with Crippen molar-refractivity contribution in [2.24, 2.45) is 0 Å². The minimum absolute atomic E-state index is 1.11. The van der Waals surface area contributed by atoms with Crippen LogP contribution in [0, 0.1) is 0 Å². The molecule has 0 fully saturated rings. The topological polar surface area (TPSA) is 8.17 Å². The molecule has 0 N–H and O–H groups in total. The van der Waals surface area contributed by atoms with Gasteiger partial charge in [0.05, 0.1) is 22.4 Å². The molecule has 0 aliphatic carbocycles. The van der Waals surface area contributed by atoms with Crippen molar-refractivity contribution >= 4 is 60.4 Å². The van der Waals surface area contributed by atoms with E-state index in [4.69, 9.17) is 0 Å². The quantitative estimate of drug-likeness (QED) is 0.158. The van der Waals surface area contributed by atoms with Crippen LogP contribution in [0.4, 0.5) is 17.1 Å². The summed E-state index contributed by atoms with van der Waals surface area (Å²) >= 11 is 0. The Balaban J connectivity index is 1.02. The minimum atomic E-state index is 1.11. The zero-order valence-electron chi connectivity index (χ0n) is 31.8. The Labute approximate surface area is 338 Å².